The number of anilines is 1. The van der Waals surface area contributed by atoms with Crippen molar-refractivity contribution in [2.75, 3.05) is 31.5 Å². The number of alkyl halides is 3. The monoisotopic (exact) mass is 334 g/mol. The normalized spacial score (nSPS) is 17.2. The number of piperidine rings is 1. The molecular weight excluding hydrogens is 313 g/mol. The highest BCUT2D eigenvalue weighted by Crippen LogP contribution is 2.23. The molecule has 0 bridgehead atoms. The summed E-state index contributed by atoms with van der Waals surface area (Å²) < 4.78 is 41.7. The van der Waals surface area contributed by atoms with Gasteiger partial charge in [0.25, 0.3) is 0 Å². The van der Waals surface area contributed by atoms with Gasteiger partial charge in [-0.25, -0.2) is 4.79 Å². The number of likely N-dealkylation sites (tertiary alicyclic amines) is 1. The van der Waals surface area contributed by atoms with Gasteiger partial charge in [0.05, 0.1) is 6.54 Å². The lowest BCUT2D eigenvalue weighted by atomic mass is 9.93. The van der Waals surface area contributed by atoms with Crippen LogP contribution in [0, 0.1) is 12.8 Å². The first-order valence-electron chi connectivity index (χ1n) is 7.59. The molecule has 23 heavy (non-hydrogen) atoms. The number of urea groups is 1. The first kappa shape index (κ1) is 17.6. The second-order valence-corrected chi connectivity index (χ2v) is 5.83. The van der Waals surface area contributed by atoms with Crippen molar-refractivity contribution >= 4 is 11.8 Å². The van der Waals surface area contributed by atoms with Gasteiger partial charge in [-0.15, -0.1) is 0 Å². The lowest BCUT2D eigenvalue weighted by Crippen LogP contribution is -2.40. The number of hydrogen-bond acceptors (Lipinski definition) is 4. The van der Waals surface area contributed by atoms with Crippen LogP contribution in [0.5, 0.6) is 0 Å². The average molecular weight is 334 g/mol. The van der Waals surface area contributed by atoms with E-state index in [9.17, 15) is 18.0 Å². The summed E-state index contributed by atoms with van der Waals surface area (Å²) in [7, 11) is 0. The van der Waals surface area contributed by atoms with Gasteiger partial charge in [0.2, 0.25) is 0 Å². The summed E-state index contributed by atoms with van der Waals surface area (Å²) >= 11 is 0. The lowest BCUT2D eigenvalue weighted by molar-refractivity contribution is -0.148. The molecule has 1 aliphatic heterocycles. The number of hydrogen-bond donors (Lipinski definition) is 2. The summed E-state index contributed by atoms with van der Waals surface area (Å²) in [5.74, 6) is 1.29. The van der Waals surface area contributed by atoms with Gasteiger partial charge >= 0.3 is 12.2 Å². The zero-order valence-electron chi connectivity index (χ0n) is 12.9. The molecule has 0 aromatic carbocycles. The second kappa shape index (κ2) is 7.67. The Morgan fingerprint density at radius 2 is 2.13 bits per heavy atom. The number of carbonyl (C=O) groups excluding carboxylic acids is 1. The second-order valence-electron chi connectivity index (χ2n) is 5.83. The molecule has 1 aliphatic rings. The highest BCUT2D eigenvalue weighted by molar-refractivity contribution is 5.88. The Morgan fingerprint density at radius 1 is 1.43 bits per heavy atom. The van der Waals surface area contributed by atoms with Gasteiger partial charge in [0.15, 0.2) is 5.82 Å². The summed E-state index contributed by atoms with van der Waals surface area (Å²) in [6, 6.07) is 1.24. The van der Waals surface area contributed by atoms with Crippen molar-refractivity contribution in [2.24, 2.45) is 5.92 Å². The van der Waals surface area contributed by atoms with E-state index < -0.39 is 12.7 Å². The first-order valence-corrected chi connectivity index (χ1v) is 7.59. The molecule has 2 N–H and O–H groups in total. The maximum Gasteiger partial charge on any atom is 0.401 e. The van der Waals surface area contributed by atoms with Gasteiger partial charge in [-0.3, -0.25) is 10.2 Å². The number of rotatable bonds is 5. The Bertz CT molecular complexity index is 510. The fourth-order valence-corrected chi connectivity index (χ4v) is 2.66. The highest BCUT2D eigenvalue weighted by Gasteiger charge is 2.32. The van der Waals surface area contributed by atoms with Crippen molar-refractivity contribution < 1.29 is 22.5 Å². The van der Waals surface area contributed by atoms with Crippen molar-refractivity contribution in [3.05, 3.63) is 11.8 Å². The molecule has 1 fully saturated rings. The molecule has 130 valence electrons. The zero-order valence-corrected chi connectivity index (χ0v) is 12.9. The molecular formula is C14H21F3N4O2. The summed E-state index contributed by atoms with van der Waals surface area (Å²) in [6.07, 6.45) is -1.93. The third-order valence-electron chi connectivity index (χ3n) is 3.82. The standard InChI is InChI=1S/C14H21F3N4O2/c1-10-8-12(20-23-10)19-13(22)18-5-2-11-3-6-21(7-4-11)9-14(15,16)17/h8,11H,2-7,9H2,1H3,(H2,18,19,20,22). The predicted octanol–water partition coefficient (Wildman–Crippen LogP) is 2.77. The maximum absolute atomic E-state index is 12.3. The van der Waals surface area contributed by atoms with Crippen molar-refractivity contribution in [2.45, 2.75) is 32.4 Å². The Balaban J connectivity index is 1.59. The molecule has 1 saturated heterocycles. The minimum Gasteiger partial charge on any atom is -0.360 e. The summed E-state index contributed by atoms with van der Waals surface area (Å²) in [5.41, 5.74) is 0. The lowest BCUT2D eigenvalue weighted by Gasteiger charge is -2.32. The Hall–Kier alpha value is -1.77. The predicted molar refractivity (Wildman–Crippen MR) is 78.1 cm³/mol. The van der Waals surface area contributed by atoms with Crippen LogP contribution in [0.1, 0.15) is 25.0 Å². The van der Waals surface area contributed by atoms with Crippen molar-refractivity contribution in [1.29, 1.82) is 0 Å². The number of halogens is 3. The molecule has 0 atom stereocenters. The number of carbonyl (C=O) groups is 1. The van der Waals surface area contributed by atoms with Crippen LogP contribution in [0.25, 0.3) is 0 Å². The zero-order chi connectivity index (χ0) is 16.9. The highest BCUT2D eigenvalue weighted by atomic mass is 19.4. The smallest absolute Gasteiger partial charge is 0.360 e. The van der Waals surface area contributed by atoms with E-state index in [2.05, 4.69) is 15.8 Å². The maximum atomic E-state index is 12.3. The van der Waals surface area contributed by atoms with Crippen LogP contribution in [-0.2, 0) is 0 Å². The molecule has 2 heterocycles. The fraction of sp³-hybridized carbons (Fsp3) is 0.714. The number of nitrogens with one attached hydrogen (secondary N) is 2. The van der Waals surface area contributed by atoms with E-state index in [1.54, 1.807) is 13.0 Å². The molecule has 0 saturated carbocycles. The Labute approximate surface area is 132 Å². The van der Waals surface area contributed by atoms with E-state index in [1.165, 1.54) is 4.90 Å². The number of aryl methyl sites for hydroxylation is 1. The Kier molecular flexibility index (Phi) is 5.86. The van der Waals surface area contributed by atoms with E-state index in [0.29, 0.717) is 37.1 Å². The Morgan fingerprint density at radius 3 is 2.70 bits per heavy atom. The first-order chi connectivity index (χ1) is 10.8. The minimum absolute atomic E-state index is 0.342. The average Bonchev–Trinajstić information content (AvgIpc) is 2.84. The van der Waals surface area contributed by atoms with E-state index in [-0.39, 0.29) is 6.03 Å². The molecule has 0 radical (unpaired) electrons. The molecule has 2 rings (SSSR count). The van der Waals surface area contributed by atoms with Gasteiger partial charge < -0.3 is 9.84 Å². The number of nitrogens with zero attached hydrogens (tertiary/aromatic N) is 2. The molecule has 0 spiro atoms. The van der Waals surface area contributed by atoms with Crippen molar-refractivity contribution in [3.63, 3.8) is 0 Å². The van der Waals surface area contributed by atoms with Crippen LogP contribution in [-0.4, -0.2) is 48.4 Å². The molecule has 1 aromatic rings. The van der Waals surface area contributed by atoms with Crippen LogP contribution in [0.2, 0.25) is 0 Å². The van der Waals surface area contributed by atoms with Crippen molar-refractivity contribution in [1.82, 2.24) is 15.4 Å². The summed E-state index contributed by atoms with van der Waals surface area (Å²) in [5, 5.41) is 8.90. The van der Waals surface area contributed by atoms with Crippen LogP contribution >= 0.6 is 0 Å². The number of amides is 2. The minimum atomic E-state index is -4.13. The van der Waals surface area contributed by atoms with E-state index in [0.717, 1.165) is 19.3 Å². The van der Waals surface area contributed by atoms with Crippen molar-refractivity contribution in [3.8, 4) is 0 Å². The number of aromatic nitrogens is 1. The molecule has 0 unspecified atom stereocenters. The third kappa shape index (κ3) is 6.47. The molecule has 6 nitrogen and oxygen atoms in total. The van der Waals surface area contributed by atoms with Crippen LogP contribution < -0.4 is 10.6 Å². The largest absolute Gasteiger partial charge is 0.401 e. The SMILES string of the molecule is Cc1cc(NC(=O)NCCC2CCN(CC(F)(F)F)CC2)no1. The summed E-state index contributed by atoms with van der Waals surface area (Å²) in [6.45, 7) is 2.27. The fourth-order valence-electron chi connectivity index (χ4n) is 2.66. The van der Waals surface area contributed by atoms with E-state index in [4.69, 9.17) is 4.52 Å². The van der Waals surface area contributed by atoms with Gasteiger partial charge in [0.1, 0.15) is 5.76 Å². The quantitative estimate of drug-likeness (QED) is 0.869. The topological polar surface area (TPSA) is 70.4 Å². The summed E-state index contributed by atoms with van der Waals surface area (Å²) in [4.78, 5) is 13.1. The van der Waals surface area contributed by atoms with Crippen LogP contribution in [0.4, 0.5) is 23.8 Å². The third-order valence-corrected chi connectivity index (χ3v) is 3.82. The van der Waals surface area contributed by atoms with Crippen LogP contribution in [0.3, 0.4) is 0 Å². The molecule has 1 aromatic heterocycles. The molecule has 9 heteroatoms. The van der Waals surface area contributed by atoms with E-state index in [1.807, 2.05) is 0 Å². The van der Waals surface area contributed by atoms with E-state index >= 15 is 0 Å². The molecule has 0 aliphatic carbocycles. The van der Waals surface area contributed by atoms with Gasteiger partial charge in [-0.05, 0) is 45.2 Å². The van der Waals surface area contributed by atoms with Gasteiger partial charge in [0, 0.05) is 12.6 Å². The van der Waals surface area contributed by atoms with Gasteiger partial charge in [-0.2, -0.15) is 13.2 Å². The molecule has 2 amide bonds. The van der Waals surface area contributed by atoms with Crippen LogP contribution in [0.15, 0.2) is 10.6 Å². The van der Waals surface area contributed by atoms with Gasteiger partial charge in [-0.1, -0.05) is 5.16 Å².